The van der Waals surface area contributed by atoms with Crippen molar-refractivity contribution >= 4 is 23.3 Å². The van der Waals surface area contributed by atoms with E-state index in [0.29, 0.717) is 23.5 Å². The maximum atomic E-state index is 13.0. The minimum absolute atomic E-state index is 0.0899. The average Bonchev–Trinajstić information content (AvgIpc) is 3.29. The number of carbonyl (C=O) groups is 2. The lowest BCUT2D eigenvalue weighted by Crippen LogP contribution is -2.61. The Morgan fingerprint density at radius 1 is 1.23 bits per heavy atom. The number of carbonyl (C=O) groups excluding carboxylic acids is 2. The molecule has 0 bridgehead atoms. The zero-order chi connectivity index (χ0) is 21.8. The van der Waals surface area contributed by atoms with Crippen LogP contribution in [-0.4, -0.2) is 56.6 Å². The molecule has 1 aliphatic heterocycles. The van der Waals surface area contributed by atoms with Gasteiger partial charge in [0, 0.05) is 25.4 Å². The highest BCUT2D eigenvalue weighted by Gasteiger charge is 2.44. The molecule has 9 heteroatoms. The van der Waals surface area contributed by atoms with Crippen molar-refractivity contribution in [3.8, 4) is 11.1 Å². The molecule has 1 atom stereocenters. The Bertz CT molecular complexity index is 1070. The molecule has 4 rings (SSSR count). The molecule has 8 nitrogen and oxygen atoms in total. The van der Waals surface area contributed by atoms with Gasteiger partial charge in [-0.1, -0.05) is 41.7 Å². The molecule has 0 aliphatic carbocycles. The van der Waals surface area contributed by atoms with E-state index in [1.165, 1.54) is 0 Å². The van der Waals surface area contributed by atoms with Crippen molar-refractivity contribution in [1.29, 1.82) is 0 Å². The Morgan fingerprint density at radius 3 is 2.71 bits per heavy atom. The summed E-state index contributed by atoms with van der Waals surface area (Å²) in [4.78, 5) is 31.8. The monoisotopic (exact) mass is 437 g/mol. The summed E-state index contributed by atoms with van der Waals surface area (Å²) in [5, 5.41) is 4.02. The third kappa shape index (κ3) is 4.33. The van der Waals surface area contributed by atoms with Gasteiger partial charge in [-0.05, 0) is 40.7 Å². The number of hydrogen-bond acceptors (Lipinski definition) is 7. The van der Waals surface area contributed by atoms with Gasteiger partial charge in [-0.15, -0.1) is 5.10 Å². The van der Waals surface area contributed by atoms with E-state index in [1.807, 2.05) is 43.3 Å². The highest BCUT2D eigenvalue weighted by Crippen LogP contribution is 2.27. The van der Waals surface area contributed by atoms with Crippen LogP contribution in [0.2, 0.25) is 0 Å². The Labute approximate surface area is 184 Å². The van der Waals surface area contributed by atoms with E-state index in [4.69, 9.17) is 10.5 Å². The molecule has 3 aromatic rings. The van der Waals surface area contributed by atoms with Crippen LogP contribution in [0.15, 0.2) is 48.8 Å². The zero-order valence-electron chi connectivity index (χ0n) is 17.2. The van der Waals surface area contributed by atoms with Crippen LogP contribution >= 0.6 is 11.5 Å². The van der Waals surface area contributed by atoms with Crippen molar-refractivity contribution in [2.75, 3.05) is 19.7 Å². The Hall–Kier alpha value is -3.17. The van der Waals surface area contributed by atoms with Crippen molar-refractivity contribution in [2.45, 2.75) is 25.4 Å². The molecule has 2 aromatic heterocycles. The first-order chi connectivity index (χ1) is 15.0. The number of primary amides is 1. The summed E-state index contributed by atoms with van der Waals surface area (Å²) in [6, 6.07) is 11.7. The fourth-order valence-electron chi connectivity index (χ4n) is 3.72. The third-order valence-corrected chi connectivity index (χ3v) is 6.20. The van der Waals surface area contributed by atoms with E-state index < -0.39 is 11.5 Å². The highest BCUT2D eigenvalue weighted by molar-refractivity contribution is 7.08. The second-order valence-corrected chi connectivity index (χ2v) is 8.21. The SMILES string of the molecule is CCc1nnsc1C(=O)N1CCO[C@](Cc2ccc(-c3cccnc3)cc2)(C(N)=O)C1. The lowest BCUT2D eigenvalue weighted by molar-refractivity contribution is -0.153. The van der Waals surface area contributed by atoms with Crippen molar-refractivity contribution in [2.24, 2.45) is 5.73 Å². The fraction of sp³-hybridized carbons (Fsp3) is 0.318. The number of nitrogens with two attached hydrogens (primary N) is 1. The topological polar surface area (TPSA) is 111 Å². The quantitative estimate of drug-likeness (QED) is 0.632. The molecule has 2 amide bonds. The van der Waals surface area contributed by atoms with Crippen LogP contribution in [0, 0.1) is 0 Å². The predicted octanol–water partition coefficient (Wildman–Crippen LogP) is 2.10. The Balaban J connectivity index is 1.54. The van der Waals surface area contributed by atoms with Gasteiger partial charge in [-0.3, -0.25) is 14.6 Å². The molecule has 0 saturated carbocycles. The van der Waals surface area contributed by atoms with E-state index in [2.05, 4.69) is 14.6 Å². The maximum Gasteiger partial charge on any atom is 0.267 e. The van der Waals surface area contributed by atoms with Crippen LogP contribution in [0.1, 0.15) is 27.9 Å². The molecule has 1 aliphatic rings. The average molecular weight is 438 g/mol. The summed E-state index contributed by atoms with van der Waals surface area (Å²) in [5.74, 6) is -0.771. The number of morpholine rings is 1. The number of ether oxygens (including phenoxy) is 1. The number of hydrogen-bond donors (Lipinski definition) is 1. The summed E-state index contributed by atoms with van der Waals surface area (Å²) >= 11 is 1.07. The summed E-state index contributed by atoms with van der Waals surface area (Å²) in [7, 11) is 0. The van der Waals surface area contributed by atoms with Gasteiger partial charge in [0.2, 0.25) is 0 Å². The van der Waals surface area contributed by atoms with Gasteiger partial charge in [0.25, 0.3) is 11.8 Å². The van der Waals surface area contributed by atoms with Crippen molar-refractivity contribution in [3.63, 3.8) is 0 Å². The second-order valence-electron chi connectivity index (χ2n) is 7.45. The van der Waals surface area contributed by atoms with Gasteiger partial charge < -0.3 is 15.4 Å². The number of pyridine rings is 1. The molecule has 0 unspecified atom stereocenters. The molecule has 0 radical (unpaired) electrons. The standard InChI is InChI=1S/C22H23N5O3S/c1-2-18-19(31-26-25-18)20(28)27-10-11-30-22(14-27,21(23)29)12-15-5-7-16(8-6-15)17-4-3-9-24-13-17/h3-9,13H,2,10-12,14H2,1H3,(H2,23,29)/t22-/m0/s1. The van der Waals surface area contributed by atoms with Crippen molar-refractivity contribution < 1.29 is 14.3 Å². The van der Waals surface area contributed by atoms with Crippen LogP contribution in [0.25, 0.3) is 11.1 Å². The summed E-state index contributed by atoms with van der Waals surface area (Å²) in [6.45, 7) is 2.63. The van der Waals surface area contributed by atoms with Gasteiger partial charge in [-0.2, -0.15) is 0 Å². The minimum atomic E-state index is -1.28. The zero-order valence-corrected chi connectivity index (χ0v) is 18.0. The van der Waals surface area contributed by atoms with E-state index in [9.17, 15) is 9.59 Å². The van der Waals surface area contributed by atoms with Gasteiger partial charge >= 0.3 is 0 Å². The largest absolute Gasteiger partial charge is 0.367 e. The summed E-state index contributed by atoms with van der Waals surface area (Å²) < 4.78 is 9.79. The van der Waals surface area contributed by atoms with Gasteiger partial charge in [0.1, 0.15) is 4.88 Å². The van der Waals surface area contributed by atoms with Crippen molar-refractivity contribution in [1.82, 2.24) is 19.5 Å². The van der Waals surface area contributed by atoms with Gasteiger partial charge in [0.15, 0.2) is 5.60 Å². The summed E-state index contributed by atoms with van der Waals surface area (Å²) in [6.07, 6.45) is 4.42. The molecule has 31 heavy (non-hydrogen) atoms. The second kappa shape index (κ2) is 8.91. The van der Waals surface area contributed by atoms with Crippen LogP contribution in [0.4, 0.5) is 0 Å². The number of aryl methyl sites for hydroxylation is 1. The first-order valence-corrected chi connectivity index (χ1v) is 10.8. The van der Waals surface area contributed by atoms with Crippen LogP contribution in [0.3, 0.4) is 0 Å². The van der Waals surface area contributed by atoms with E-state index in [0.717, 1.165) is 28.2 Å². The number of benzene rings is 1. The third-order valence-electron chi connectivity index (χ3n) is 5.45. The predicted molar refractivity (Wildman–Crippen MR) is 116 cm³/mol. The molecule has 3 heterocycles. The number of rotatable bonds is 6. The molecule has 160 valence electrons. The van der Waals surface area contributed by atoms with Crippen LogP contribution in [0.5, 0.6) is 0 Å². The molecule has 1 saturated heterocycles. The van der Waals surface area contributed by atoms with Gasteiger partial charge in [-0.25, -0.2) is 0 Å². The minimum Gasteiger partial charge on any atom is -0.367 e. The van der Waals surface area contributed by atoms with Crippen LogP contribution < -0.4 is 5.73 Å². The fourth-order valence-corrected chi connectivity index (χ4v) is 4.44. The lowest BCUT2D eigenvalue weighted by atomic mass is 9.90. The van der Waals surface area contributed by atoms with E-state index >= 15 is 0 Å². The number of nitrogens with zero attached hydrogens (tertiary/aromatic N) is 4. The van der Waals surface area contributed by atoms with E-state index in [1.54, 1.807) is 17.3 Å². The van der Waals surface area contributed by atoms with E-state index in [-0.39, 0.29) is 25.5 Å². The molecule has 2 N–H and O–H groups in total. The summed E-state index contributed by atoms with van der Waals surface area (Å²) in [5.41, 5.74) is 8.09. The van der Waals surface area contributed by atoms with Gasteiger partial charge in [0.05, 0.1) is 18.8 Å². The normalized spacial score (nSPS) is 18.7. The molecule has 1 fully saturated rings. The number of amides is 2. The molecular formula is C22H23N5O3S. The smallest absolute Gasteiger partial charge is 0.267 e. The Morgan fingerprint density at radius 2 is 2.03 bits per heavy atom. The van der Waals surface area contributed by atoms with Crippen molar-refractivity contribution in [3.05, 3.63) is 64.9 Å². The molecular weight excluding hydrogens is 414 g/mol. The maximum absolute atomic E-state index is 13.0. The lowest BCUT2D eigenvalue weighted by Gasteiger charge is -2.40. The highest BCUT2D eigenvalue weighted by atomic mass is 32.1. The number of aromatic nitrogens is 3. The first-order valence-electron chi connectivity index (χ1n) is 10.1. The van der Waals surface area contributed by atoms with Crippen LogP contribution in [-0.2, 0) is 22.4 Å². The molecule has 0 spiro atoms. The molecule has 1 aromatic carbocycles. The first kappa shape index (κ1) is 21.1. The Kier molecular flexibility index (Phi) is 6.06.